The van der Waals surface area contributed by atoms with Crippen LogP contribution in [0.2, 0.25) is 0 Å². The Morgan fingerprint density at radius 2 is 1.90 bits per heavy atom. The van der Waals surface area contributed by atoms with Crippen LogP contribution in [0.3, 0.4) is 0 Å². The van der Waals surface area contributed by atoms with Crippen LogP contribution in [0.1, 0.15) is 65.3 Å². The van der Waals surface area contributed by atoms with Crippen molar-refractivity contribution in [1.29, 1.82) is 0 Å². The molecule has 3 aromatic rings. The molecule has 6 nitrogen and oxygen atoms in total. The summed E-state index contributed by atoms with van der Waals surface area (Å²) < 4.78 is 11.1. The number of carbonyl (C=O) groups is 1. The Hall–Kier alpha value is -3.15. The molecule has 6 heteroatoms. The van der Waals surface area contributed by atoms with E-state index in [0.717, 1.165) is 17.7 Å². The molecular formula is C24H27N3O3. The molecule has 0 radical (unpaired) electrons. The van der Waals surface area contributed by atoms with Gasteiger partial charge in [0.15, 0.2) is 12.4 Å². The summed E-state index contributed by atoms with van der Waals surface area (Å²) in [6.45, 7) is 7.85. The van der Waals surface area contributed by atoms with E-state index in [9.17, 15) is 4.79 Å². The topological polar surface area (TPSA) is 68.5 Å². The first kappa shape index (κ1) is 20.1. The molecular weight excluding hydrogens is 378 g/mol. The number of nitrogens with zero attached hydrogens (tertiary/aromatic N) is 3. The number of hydrogen-bond acceptors (Lipinski definition) is 5. The largest absolute Gasteiger partial charge is 0.484 e. The van der Waals surface area contributed by atoms with Crippen molar-refractivity contribution in [1.82, 2.24) is 15.0 Å². The number of carbonyl (C=O) groups excluding carboxylic acids is 1. The van der Waals surface area contributed by atoms with Gasteiger partial charge in [-0.2, -0.15) is 4.98 Å². The summed E-state index contributed by atoms with van der Waals surface area (Å²) in [6.07, 6.45) is 0.827. The van der Waals surface area contributed by atoms with Crippen molar-refractivity contribution in [2.75, 3.05) is 13.1 Å². The third-order valence-corrected chi connectivity index (χ3v) is 5.53. The van der Waals surface area contributed by atoms with Crippen LogP contribution in [-0.2, 0) is 6.61 Å². The van der Waals surface area contributed by atoms with Gasteiger partial charge in [-0.1, -0.05) is 48.8 Å². The zero-order chi connectivity index (χ0) is 21.1. The Morgan fingerprint density at radius 3 is 2.60 bits per heavy atom. The average molecular weight is 405 g/mol. The van der Waals surface area contributed by atoms with Crippen molar-refractivity contribution >= 4 is 5.91 Å². The van der Waals surface area contributed by atoms with Gasteiger partial charge < -0.3 is 14.2 Å². The van der Waals surface area contributed by atoms with Crippen molar-refractivity contribution in [3.8, 4) is 5.75 Å². The summed E-state index contributed by atoms with van der Waals surface area (Å²) in [4.78, 5) is 19.2. The van der Waals surface area contributed by atoms with Crippen LogP contribution < -0.4 is 4.74 Å². The monoisotopic (exact) mass is 405 g/mol. The second kappa shape index (κ2) is 8.69. The van der Waals surface area contributed by atoms with Gasteiger partial charge in [0.25, 0.3) is 11.8 Å². The van der Waals surface area contributed by atoms with E-state index < -0.39 is 0 Å². The summed E-state index contributed by atoms with van der Waals surface area (Å²) in [5.74, 6) is 2.44. The van der Waals surface area contributed by atoms with Crippen molar-refractivity contribution in [3.05, 3.63) is 76.9 Å². The molecule has 1 aromatic heterocycles. The van der Waals surface area contributed by atoms with E-state index in [1.54, 1.807) is 0 Å². The highest BCUT2D eigenvalue weighted by molar-refractivity contribution is 5.94. The lowest BCUT2D eigenvalue weighted by Crippen LogP contribution is -2.28. The van der Waals surface area contributed by atoms with E-state index in [4.69, 9.17) is 9.26 Å². The molecule has 2 aromatic carbocycles. The Kier molecular flexibility index (Phi) is 5.84. The number of amides is 1. The molecule has 1 aliphatic heterocycles. The quantitative estimate of drug-likeness (QED) is 0.594. The lowest BCUT2D eigenvalue weighted by Gasteiger charge is -2.16. The first-order valence-electron chi connectivity index (χ1n) is 10.4. The fourth-order valence-electron chi connectivity index (χ4n) is 3.62. The third-order valence-electron chi connectivity index (χ3n) is 5.53. The summed E-state index contributed by atoms with van der Waals surface area (Å²) in [5, 5.41) is 4.12. The van der Waals surface area contributed by atoms with Crippen molar-refractivity contribution in [3.63, 3.8) is 0 Å². The van der Waals surface area contributed by atoms with Crippen molar-refractivity contribution < 1.29 is 14.1 Å². The summed E-state index contributed by atoms with van der Waals surface area (Å²) in [7, 11) is 0. The standard InChI is InChI=1S/C24H27N3O3/c1-16(2)18-6-8-19(9-7-18)24(28)27-13-12-20(14-27)23-25-22(30-26-23)15-29-21-10-4-17(3)5-11-21/h4-11,16,20H,12-15H2,1-3H3. The highest BCUT2D eigenvalue weighted by Gasteiger charge is 2.31. The van der Waals surface area contributed by atoms with Crippen LogP contribution >= 0.6 is 0 Å². The van der Waals surface area contributed by atoms with Gasteiger partial charge in [0.2, 0.25) is 0 Å². The Labute approximate surface area is 176 Å². The van der Waals surface area contributed by atoms with Crippen molar-refractivity contribution in [2.24, 2.45) is 0 Å². The van der Waals surface area contributed by atoms with Crippen LogP contribution in [0.5, 0.6) is 5.75 Å². The van der Waals surface area contributed by atoms with Gasteiger partial charge in [-0.05, 0) is 49.1 Å². The second-order valence-electron chi connectivity index (χ2n) is 8.16. The number of likely N-dealkylation sites (tertiary alicyclic amines) is 1. The van der Waals surface area contributed by atoms with Gasteiger partial charge in [-0.25, -0.2) is 0 Å². The number of hydrogen-bond donors (Lipinski definition) is 0. The minimum atomic E-state index is 0.0548. The van der Waals surface area contributed by atoms with Crippen LogP contribution in [0.15, 0.2) is 53.1 Å². The third kappa shape index (κ3) is 4.53. The van der Waals surface area contributed by atoms with Crippen molar-refractivity contribution in [2.45, 2.75) is 45.6 Å². The smallest absolute Gasteiger partial charge is 0.264 e. The predicted octanol–water partition coefficient (Wildman–Crippen LogP) is 4.71. The summed E-state index contributed by atoms with van der Waals surface area (Å²) >= 11 is 0. The molecule has 1 unspecified atom stereocenters. The molecule has 4 rings (SSSR count). The number of aryl methyl sites for hydroxylation is 1. The fraction of sp³-hybridized carbons (Fsp3) is 0.375. The highest BCUT2D eigenvalue weighted by atomic mass is 16.5. The molecule has 1 amide bonds. The Bertz CT molecular complexity index is 993. The molecule has 0 bridgehead atoms. The zero-order valence-corrected chi connectivity index (χ0v) is 17.7. The zero-order valence-electron chi connectivity index (χ0n) is 17.7. The maximum Gasteiger partial charge on any atom is 0.264 e. The van der Waals surface area contributed by atoms with Gasteiger partial charge in [-0.15, -0.1) is 0 Å². The molecule has 0 aliphatic carbocycles. The minimum absolute atomic E-state index is 0.0548. The lowest BCUT2D eigenvalue weighted by molar-refractivity contribution is 0.0790. The first-order valence-corrected chi connectivity index (χ1v) is 10.4. The Morgan fingerprint density at radius 1 is 1.17 bits per heavy atom. The minimum Gasteiger partial charge on any atom is -0.484 e. The molecule has 30 heavy (non-hydrogen) atoms. The molecule has 2 heterocycles. The second-order valence-corrected chi connectivity index (χ2v) is 8.16. The number of aromatic nitrogens is 2. The van der Waals surface area contributed by atoms with E-state index in [0.29, 0.717) is 30.7 Å². The number of rotatable bonds is 6. The van der Waals surface area contributed by atoms with E-state index in [1.807, 2.05) is 60.4 Å². The fourth-order valence-corrected chi connectivity index (χ4v) is 3.62. The lowest BCUT2D eigenvalue weighted by atomic mass is 10.0. The van der Waals surface area contributed by atoms with Crippen LogP contribution in [0.25, 0.3) is 0 Å². The molecule has 1 fully saturated rings. The van der Waals surface area contributed by atoms with Gasteiger partial charge in [0.05, 0.1) is 0 Å². The summed E-state index contributed by atoms with van der Waals surface area (Å²) in [6, 6.07) is 15.7. The summed E-state index contributed by atoms with van der Waals surface area (Å²) in [5.41, 5.74) is 3.14. The van der Waals surface area contributed by atoms with Crippen LogP contribution in [-0.4, -0.2) is 34.0 Å². The molecule has 156 valence electrons. The first-order chi connectivity index (χ1) is 14.5. The van der Waals surface area contributed by atoms with Crippen LogP contribution in [0.4, 0.5) is 0 Å². The maximum absolute atomic E-state index is 12.8. The van der Waals surface area contributed by atoms with E-state index in [1.165, 1.54) is 11.1 Å². The highest BCUT2D eigenvalue weighted by Crippen LogP contribution is 2.27. The van der Waals surface area contributed by atoms with E-state index in [2.05, 4.69) is 24.0 Å². The predicted molar refractivity (Wildman–Crippen MR) is 114 cm³/mol. The van der Waals surface area contributed by atoms with Gasteiger partial charge in [0.1, 0.15) is 5.75 Å². The van der Waals surface area contributed by atoms with Gasteiger partial charge in [0, 0.05) is 24.6 Å². The van der Waals surface area contributed by atoms with Gasteiger partial charge in [-0.3, -0.25) is 4.79 Å². The van der Waals surface area contributed by atoms with E-state index in [-0.39, 0.29) is 18.4 Å². The van der Waals surface area contributed by atoms with Gasteiger partial charge >= 0.3 is 0 Å². The number of benzene rings is 2. The SMILES string of the molecule is Cc1ccc(OCc2nc(C3CCN(C(=O)c4ccc(C(C)C)cc4)C3)no2)cc1. The average Bonchev–Trinajstić information content (AvgIpc) is 3.42. The molecule has 1 saturated heterocycles. The number of ether oxygens (including phenoxy) is 1. The van der Waals surface area contributed by atoms with E-state index >= 15 is 0 Å². The maximum atomic E-state index is 12.8. The van der Waals surface area contributed by atoms with Crippen LogP contribution in [0, 0.1) is 6.92 Å². The molecule has 0 saturated carbocycles. The normalized spacial score (nSPS) is 16.3. The molecule has 0 N–H and O–H groups in total. The molecule has 1 aliphatic rings. The molecule has 1 atom stereocenters. The Balaban J connectivity index is 1.34. The molecule has 0 spiro atoms.